The van der Waals surface area contributed by atoms with Gasteiger partial charge in [0.05, 0.1) is 41.9 Å². The fraction of sp³-hybridized carbons (Fsp3) is 0.500. The molecule has 0 aromatic carbocycles. The smallest absolute Gasteiger partial charge is 0.323 e. The Balaban J connectivity index is 1.37. The minimum atomic E-state index is -4.63. The van der Waals surface area contributed by atoms with Crippen molar-refractivity contribution < 1.29 is 18.0 Å². The summed E-state index contributed by atoms with van der Waals surface area (Å²) in [5, 5.41) is 14.6. The van der Waals surface area contributed by atoms with Crippen molar-refractivity contribution in [1.29, 1.82) is 0 Å². The van der Waals surface area contributed by atoms with Gasteiger partial charge in [-0.1, -0.05) is 11.6 Å². The van der Waals surface area contributed by atoms with Crippen molar-refractivity contribution in [3.8, 4) is 0 Å². The zero-order valence-electron chi connectivity index (χ0n) is 17.7. The maximum Gasteiger partial charge on any atom is 0.436 e. The molecule has 0 radical (unpaired) electrons. The van der Waals surface area contributed by atoms with Gasteiger partial charge in [0.15, 0.2) is 5.69 Å². The number of nitrogens with zero attached hydrogens (tertiary/aromatic N) is 6. The van der Waals surface area contributed by atoms with E-state index in [2.05, 4.69) is 20.6 Å². The number of hydrogen-bond acceptors (Lipinski definition) is 4. The maximum atomic E-state index is 13.2. The predicted octanol–water partition coefficient (Wildman–Crippen LogP) is 4.23. The Hall–Kier alpha value is -2.82. The summed E-state index contributed by atoms with van der Waals surface area (Å²) < 4.78 is 44.3. The number of carbonyl (C=O) groups is 1. The third-order valence-corrected chi connectivity index (χ3v) is 5.84. The van der Waals surface area contributed by atoms with Crippen LogP contribution in [0.5, 0.6) is 0 Å². The van der Waals surface area contributed by atoms with Crippen LogP contribution < -0.4 is 5.32 Å². The Morgan fingerprint density at radius 3 is 2.62 bits per heavy atom. The number of aromatic nitrogens is 6. The van der Waals surface area contributed by atoms with E-state index in [1.54, 1.807) is 17.1 Å². The molecule has 0 unspecified atom stereocenters. The lowest BCUT2D eigenvalue weighted by molar-refractivity contribution is -0.141. The summed E-state index contributed by atoms with van der Waals surface area (Å²) in [7, 11) is 0. The summed E-state index contributed by atoms with van der Waals surface area (Å²) in [4.78, 5) is 12.4. The Morgan fingerprint density at radius 2 is 2.00 bits per heavy atom. The molecule has 4 rings (SSSR count). The summed E-state index contributed by atoms with van der Waals surface area (Å²) in [6.07, 6.45) is 1.88. The van der Waals surface area contributed by atoms with Crippen LogP contribution in [0.15, 0.2) is 18.6 Å². The molecule has 0 spiro atoms. The lowest BCUT2D eigenvalue weighted by Gasteiger charge is -2.07. The topological polar surface area (TPSA) is 82.6 Å². The molecule has 3 aromatic rings. The average molecular weight is 470 g/mol. The van der Waals surface area contributed by atoms with Gasteiger partial charge in [-0.25, -0.2) is 0 Å². The molecule has 0 bridgehead atoms. The molecule has 1 N–H and O–H groups in total. The third kappa shape index (κ3) is 4.67. The van der Waals surface area contributed by atoms with Crippen molar-refractivity contribution in [2.75, 3.05) is 5.32 Å². The number of rotatable bonds is 8. The molecule has 0 aliphatic heterocycles. The number of anilines is 1. The van der Waals surface area contributed by atoms with Crippen molar-refractivity contribution in [2.24, 2.45) is 0 Å². The van der Waals surface area contributed by atoms with Gasteiger partial charge >= 0.3 is 6.18 Å². The van der Waals surface area contributed by atoms with E-state index < -0.39 is 11.9 Å². The fourth-order valence-corrected chi connectivity index (χ4v) is 4.03. The first kappa shape index (κ1) is 22.4. The van der Waals surface area contributed by atoms with Gasteiger partial charge in [-0.05, 0) is 26.7 Å². The van der Waals surface area contributed by atoms with Gasteiger partial charge in [0.25, 0.3) is 0 Å². The van der Waals surface area contributed by atoms with Gasteiger partial charge < -0.3 is 5.32 Å². The monoisotopic (exact) mass is 469 g/mol. The van der Waals surface area contributed by atoms with Gasteiger partial charge in [0, 0.05) is 36.3 Å². The van der Waals surface area contributed by atoms with Crippen molar-refractivity contribution in [3.63, 3.8) is 0 Å². The zero-order chi connectivity index (χ0) is 23.0. The average Bonchev–Trinajstić information content (AvgIpc) is 3.22. The van der Waals surface area contributed by atoms with E-state index in [0.717, 1.165) is 30.6 Å². The first-order chi connectivity index (χ1) is 15.2. The van der Waals surface area contributed by atoms with E-state index >= 15 is 0 Å². The van der Waals surface area contributed by atoms with E-state index in [0.29, 0.717) is 17.9 Å². The van der Waals surface area contributed by atoms with Crippen molar-refractivity contribution >= 4 is 23.2 Å². The van der Waals surface area contributed by atoms with Crippen LogP contribution in [0.4, 0.5) is 18.9 Å². The molecular weight excluding hydrogens is 447 g/mol. The SMILES string of the molecule is CCn1ncc(Cn2cc(NC(=O)CCn3nc(C(F)(F)F)c(Cl)c3C3CC3)cn2)c1C. The molecule has 172 valence electrons. The molecule has 12 heteroatoms. The van der Waals surface area contributed by atoms with E-state index in [1.165, 1.54) is 10.9 Å². The largest absolute Gasteiger partial charge is 0.436 e. The van der Waals surface area contributed by atoms with E-state index in [-0.39, 0.29) is 29.8 Å². The second-order valence-corrected chi connectivity index (χ2v) is 8.22. The van der Waals surface area contributed by atoms with Crippen molar-refractivity contribution in [1.82, 2.24) is 29.3 Å². The van der Waals surface area contributed by atoms with Gasteiger partial charge in [-0.15, -0.1) is 0 Å². The van der Waals surface area contributed by atoms with Crippen LogP contribution in [-0.2, 0) is 30.6 Å². The summed E-state index contributed by atoms with van der Waals surface area (Å²) >= 11 is 5.96. The highest BCUT2D eigenvalue weighted by Gasteiger charge is 2.42. The van der Waals surface area contributed by atoms with Crippen LogP contribution in [0.3, 0.4) is 0 Å². The Kier molecular flexibility index (Phi) is 6.02. The second-order valence-electron chi connectivity index (χ2n) is 7.84. The molecule has 1 amide bonds. The molecule has 8 nitrogen and oxygen atoms in total. The number of hydrogen-bond donors (Lipinski definition) is 1. The van der Waals surface area contributed by atoms with Gasteiger partial charge in [0.2, 0.25) is 5.91 Å². The fourth-order valence-electron chi connectivity index (χ4n) is 3.63. The summed E-state index contributed by atoms with van der Waals surface area (Å²) in [5.41, 5.74) is 1.85. The van der Waals surface area contributed by atoms with Crippen LogP contribution in [0.25, 0.3) is 0 Å². The molecule has 3 aromatic heterocycles. The van der Waals surface area contributed by atoms with E-state index in [9.17, 15) is 18.0 Å². The highest BCUT2D eigenvalue weighted by atomic mass is 35.5. The summed E-state index contributed by atoms with van der Waals surface area (Å²) in [5.74, 6) is -0.380. The van der Waals surface area contributed by atoms with Crippen LogP contribution in [0.2, 0.25) is 5.02 Å². The minimum absolute atomic E-state index is 0.0109. The number of aryl methyl sites for hydroxylation is 2. The molecule has 32 heavy (non-hydrogen) atoms. The Morgan fingerprint density at radius 1 is 1.25 bits per heavy atom. The lowest BCUT2D eigenvalue weighted by atomic mass is 10.2. The summed E-state index contributed by atoms with van der Waals surface area (Å²) in [6.45, 7) is 5.30. The van der Waals surface area contributed by atoms with Crippen LogP contribution in [-0.4, -0.2) is 35.2 Å². The molecular formula is C20H23ClF3N7O. The molecule has 1 aliphatic rings. The van der Waals surface area contributed by atoms with Gasteiger partial charge in [-0.3, -0.25) is 18.8 Å². The zero-order valence-corrected chi connectivity index (χ0v) is 18.4. The number of amides is 1. The lowest BCUT2D eigenvalue weighted by Crippen LogP contribution is -2.16. The predicted molar refractivity (Wildman–Crippen MR) is 111 cm³/mol. The Bertz CT molecular complexity index is 1130. The van der Waals surface area contributed by atoms with E-state index in [4.69, 9.17) is 11.6 Å². The van der Waals surface area contributed by atoms with Gasteiger partial charge in [-0.2, -0.15) is 28.5 Å². The maximum absolute atomic E-state index is 13.2. The number of carbonyl (C=O) groups excluding carboxylic acids is 1. The molecule has 1 aliphatic carbocycles. The first-order valence-electron chi connectivity index (χ1n) is 10.3. The van der Waals surface area contributed by atoms with Crippen molar-refractivity contribution in [3.05, 3.63) is 46.3 Å². The number of alkyl halides is 3. The highest BCUT2D eigenvalue weighted by Crippen LogP contribution is 2.46. The van der Waals surface area contributed by atoms with Crippen LogP contribution in [0.1, 0.15) is 54.7 Å². The molecule has 3 heterocycles. The first-order valence-corrected chi connectivity index (χ1v) is 10.7. The third-order valence-electron chi connectivity index (χ3n) is 5.47. The molecule has 1 fully saturated rings. The second kappa shape index (κ2) is 8.61. The molecule has 0 atom stereocenters. The Labute approximate surface area is 187 Å². The summed E-state index contributed by atoms with van der Waals surface area (Å²) in [6, 6.07) is 0. The normalized spacial score (nSPS) is 14.2. The van der Waals surface area contributed by atoms with Crippen molar-refractivity contribution in [2.45, 2.75) is 64.8 Å². The number of halogens is 4. The standard InChI is InChI=1S/C20H23ClF3N7O/c1-3-30-12(2)14(8-26-30)10-29-11-15(9-25-29)27-16(32)6-7-31-18(13-4-5-13)17(21)19(28-31)20(22,23)24/h8-9,11,13H,3-7,10H2,1-2H3,(H,27,32). The minimum Gasteiger partial charge on any atom is -0.323 e. The number of nitrogens with one attached hydrogen (secondary N) is 1. The highest BCUT2D eigenvalue weighted by molar-refractivity contribution is 6.32. The van der Waals surface area contributed by atoms with Crippen LogP contribution >= 0.6 is 11.6 Å². The quantitative estimate of drug-likeness (QED) is 0.535. The van der Waals surface area contributed by atoms with Crippen LogP contribution in [0, 0.1) is 6.92 Å². The van der Waals surface area contributed by atoms with Gasteiger partial charge in [0.1, 0.15) is 0 Å². The van der Waals surface area contributed by atoms with E-state index in [1.807, 2.05) is 18.5 Å². The molecule has 1 saturated carbocycles. The molecule has 0 saturated heterocycles.